The maximum atomic E-state index is 16.7. The van der Waals surface area contributed by atoms with Crippen LogP contribution in [0.4, 0.5) is 4.39 Å². The Morgan fingerprint density at radius 1 is 1.19 bits per heavy atom. The lowest BCUT2D eigenvalue weighted by atomic mass is 9.85. The summed E-state index contributed by atoms with van der Waals surface area (Å²) in [6.07, 6.45) is 4.76. The Bertz CT molecular complexity index is 1780. The molecule has 0 saturated heterocycles. The molecule has 43 heavy (non-hydrogen) atoms. The van der Waals surface area contributed by atoms with Crippen LogP contribution in [0.3, 0.4) is 0 Å². The number of rotatable bonds is 7. The quantitative estimate of drug-likeness (QED) is 0.326. The highest BCUT2D eigenvalue weighted by Gasteiger charge is 2.56. The van der Waals surface area contributed by atoms with Gasteiger partial charge in [-0.2, -0.15) is 10.4 Å². The predicted octanol–water partition coefficient (Wildman–Crippen LogP) is 4.73. The zero-order valence-corrected chi connectivity index (χ0v) is 24.2. The molecule has 6 rings (SSSR count). The van der Waals surface area contributed by atoms with Crippen LogP contribution < -0.4 is 0 Å². The van der Waals surface area contributed by atoms with Crippen LogP contribution in [0.2, 0.25) is 5.02 Å². The minimum atomic E-state index is -1.79. The number of pyridine rings is 1. The molecule has 1 N–H and O–H groups in total. The second-order valence-corrected chi connectivity index (χ2v) is 11.5. The van der Waals surface area contributed by atoms with Gasteiger partial charge in [0.2, 0.25) is 5.72 Å². The van der Waals surface area contributed by atoms with Crippen LogP contribution in [0.5, 0.6) is 0 Å². The normalized spacial score (nSPS) is 21.1. The molecule has 1 fully saturated rings. The fourth-order valence-electron chi connectivity index (χ4n) is 5.88. The van der Waals surface area contributed by atoms with E-state index in [-0.39, 0.29) is 35.4 Å². The molecule has 0 unspecified atom stereocenters. The molecule has 1 aliphatic carbocycles. The van der Waals surface area contributed by atoms with Gasteiger partial charge in [0.25, 0.3) is 5.91 Å². The van der Waals surface area contributed by atoms with Crippen molar-refractivity contribution in [1.29, 1.82) is 5.26 Å². The summed E-state index contributed by atoms with van der Waals surface area (Å²) in [5, 5.41) is 25.3. The molecule has 2 aromatic carbocycles. The molecule has 3 atom stereocenters. The zero-order valence-electron chi connectivity index (χ0n) is 23.4. The molecule has 4 aromatic rings. The van der Waals surface area contributed by atoms with E-state index in [4.69, 9.17) is 16.3 Å². The van der Waals surface area contributed by atoms with Crippen LogP contribution in [0.25, 0.3) is 0 Å². The Kier molecular flexibility index (Phi) is 7.13. The third-order valence-electron chi connectivity index (χ3n) is 8.16. The van der Waals surface area contributed by atoms with E-state index in [1.165, 1.54) is 41.0 Å². The molecule has 0 radical (unpaired) electrons. The van der Waals surface area contributed by atoms with Crippen molar-refractivity contribution in [3.05, 3.63) is 117 Å². The molecule has 2 aliphatic rings. The van der Waals surface area contributed by atoms with Crippen molar-refractivity contribution in [3.63, 3.8) is 0 Å². The van der Waals surface area contributed by atoms with Crippen LogP contribution >= 0.6 is 11.6 Å². The molecule has 11 heteroatoms. The number of ketones is 1. The van der Waals surface area contributed by atoms with Gasteiger partial charge in [-0.1, -0.05) is 23.7 Å². The number of hydrogen-bond acceptors (Lipinski definition) is 7. The highest BCUT2D eigenvalue weighted by molar-refractivity contribution is 6.30. The number of aliphatic hydroxyl groups is 1. The first kappa shape index (κ1) is 28.7. The lowest BCUT2D eigenvalue weighted by Gasteiger charge is -2.41. The van der Waals surface area contributed by atoms with Crippen molar-refractivity contribution in [2.75, 3.05) is 0 Å². The van der Waals surface area contributed by atoms with Gasteiger partial charge in [-0.05, 0) is 55.3 Å². The second kappa shape index (κ2) is 10.7. The number of Topliss-reactive ketones (excluding diaryl/α,β-unsaturated/α-hetero) is 1. The van der Waals surface area contributed by atoms with Crippen LogP contribution in [-0.4, -0.2) is 42.6 Å². The number of nitrogens with zero attached hydrogens (tertiary/aromatic N) is 5. The van der Waals surface area contributed by atoms with Crippen LogP contribution in [0, 0.1) is 17.1 Å². The highest BCUT2D eigenvalue weighted by Crippen LogP contribution is 2.50. The number of benzene rings is 2. The molecule has 1 amide bonds. The molecule has 2 aromatic heterocycles. The Morgan fingerprint density at radius 3 is 2.56 bits per heavy atom. The SMILES string of the molecule is Cn1cc([C@@](C)(O)c2cc(F)c3c(c2)C(=O)N(Cc2ccc(C#N)cn2)[C@@]3(O[C@H]2CCC(=O)C2)c2ccc(Cl)cc2)cn1. The molecule has 218 valence electrons. The number of amides is 1. The number of carbonyl (C=O) groups is 2. The van der Waals surface area contributed by atoms with E-state index in [0.717, 1.165) is 0 Å². The van der Waals surface area contributed by atoms with Gasteiger partial charge in [-0.3, -0.25) is 24.2 Å². The number of halogens is 2. The molecular weight excluding hydrogens is 573 g/mol. The lowest BCUT2D eigenvalue weighted by Crippen LogP contribution is -2.48. The van der Waals surface area contributed by atoms with Gasteiger partial charge in [0, 0.05) is 48.4 Å². The van der Waals surface area contributed by atoms with Gasteiger partial charge in [0.15, 0.2) is 0 Å². The summed E-state index contributed by atoms with van der Waals surface area (Å²) >= 11 is 6.23. The molecule has 0 bridgehead atoms. The van der Waals surface area contributed by atoms with Crippen LogP contribution in [0.15, 0.2) is 67.1 Å². The monoisotopic (exact) mass is 599 g/mol. The van der Waals surface area contributed by atoms with Crippen molar-refractivity contribution in [2.45, 2.75) is 50.2 Å². The predicted molar refractivity (Wildman–Crippen MR) is 153 cm³/mol. The average Bonchev–Trinajstić information content (AvgIpc) is 3.68. The van der Waals surface area contributed by atoms with Gasteiger partial charge in [0.1, 0.15) is 23.3 Å². The van der Waals surface area contributed by atoms with Gasteiger partial charge in [-0.25, -0.2) is 4.39 Å². The van der Waals surface area contributed by atoms with Crippen molar-refractivity contribution in [3.8, 4) is 6.07 Å². The third kappa shape index (κ3) is 4.89. The number of nitriles is 1. The number of aromatic nitrogens is 3. The summed E-state index contributed by atoms with van der Waals surface area (Å²) in [7, 11) is 1.70. The minimum absolute atomic E-state index is 0.00656. The first-order valence-corrected chi connectivity index (χ1v) is 14.1. The van der Waals surface area contributed by atoms with E-state index in [1.54, 1.807) is 49.6 Å². The fraction of sp³-hybridized carbons (Fsp3) is 0.281. The highest BCUT2D eigenvalue weighted by atomic mass is 35.5. The lowest BCUT2D eigenvalue weighted by molar-refractivity contribution is -0.149. The Balaban J connectivity index is 1.57. The smallest absolute Gasteiger partial charge is 0.257 e. The maximum Gasteiger partial charge on any atom is 0.257 e. The van der Waals surface area contributed by atoms with E-state index in [9.17, 15) is 20.0 Å². The third-order valence-corrected chi connectivity index (χ3v) is 8.41. The molecule has 9 nitrogen and oxygen atoms in total. The average molecular weight is 600 g/mol. The van der Waals surface area contributed by atoms with E-state index >= 15 is 4.39 Å². The fourth-order valence-corrected chi connectivity index (χ4v) is 6.01. The number of fused-ring (bicyclic) bond motifs is 1. The Morgan fingerprint density at radius 2 is 1.95 bits per heavy atom. The Labute approximate surface area is 252 Å². The standard InChI is InChI=1S/C32H27ClFN5O4/c1-31(42,22-16-37-38(2)17-22)21-11-27-29(28(34)12-21)32(20-4-6-23(33)7-5-20,43-26-10-9-25(40)13-26)39(30(27)41)18-24-8-3-19(14-35)15-36-24/h3-8,11-12,15-17,26,42H,9-10,13,18H2,1-2H3/t26-,31-,32+/m0/s1. The number of hydrogen-bond donors (Lipinski definition) is 1. The van der Waals surface area contributed by atoms with Gasteiger partial charge < -0.3 is 9.84 Å². The number of aryl methyl sites for hydroxylation is 1. The molecule has 3 heterocycles. The van der Waals surface area contributed by atoms with Gasteiger partial charge in [0.05, 0.1) is 41.2 Å². The number of ether oxygens (including phenoxy) is 1. The minimum Gasteiger partial charge on any atom is -0.381 e. The van der Waals surface area contributed by atoms with E-state index in [0.29, 0.717) is 40.2 Å². The van der Waals surface area contributed by atoms with E-state index in [2.05, 4.69) is 10.1 Å². The van der Waals surface area contributed by atoms with Crippen molar-refractivity contribution >= 4 is 23.3 Å². The summed E-state index contributed by atoms with van der Waals surface area (Å²) in [5.74, 6) is -1.30. The van der Waals surface area contributed by atoms with Gasteiger partial charge in [-0.15, -0.1) is 0 Å². The van der Waals surface area contributed by atoms with Crippen molar-refractivity contribution in [1.82, 2.24) is 19.7 Å². The first-order valence-electron chi connectivity index (χ1n) is 13.7. The Hall–Kier alpha value is -4.43. The molecular formula is C32H27ClFN5O4. The van der Waals surface area contributed by atoms with Crippen molar-refractivity contribution in [2.24, 2.45) is 7.05 Å². The molecule has 1 saturated carbocycles. The van der Waals surface area contributed by atoms with Crippen LogP contribution in [0.1, 0.15) is 70.1 Å². The molecule has 1 aliphatic heterocycles. The maximum absolute atomic E-state index is 16.7. The molecule has 0 spiro atoms. The van der Waals surface area contributed by atoms with E-state index in [1.807, 2.05) is 6.07 Å². The summed E-state index contributed by atoms with van der Waals surface area (Å²) in [5.41, 5.74) is -1.69. The summed E-state index contributed by atoms with van der Waals surface area (Å²) in [4.78, 5) is 32.4. The zero-order chi connectivity index (χ0) is 30.5. The summed E-state index contributed by atoms with van der Waals surface area (Å²) < 4.78 is 24.9. The first-order chi connectivity index (χ1) is 20.5. The van der Waals surface area contributed by atoms with Gasteiger partial charge >= 0.3 is 0 Å². The van der Waals surface area contributed by atoms with Crippen LogP contribution in [-0.2, 0) is 34.4 Å². The van der Waals surface area contributed by atoms with Crippen molar-refractivity contribution < 1.29 is 23.8 Å². The topological polar surface area (TPSA) is 121 Å². The van der Waals surface area contributed by atoms with E-state index < -0.39 is 29.2 Å². The number of carbonyl (C=O) groups excluding carboxylic acids is 2. The second-order valence-electron chi connectivity index (χ2n) is 11.1. The summed E-state index contributed by atoms with van der Waals surface area (Å²) in [6, 6.07) is 14.5. The summed E-state index contributed by atoms with van der Waals surface area (Å²) in [6.45, 7) is 1.41. The largest absolute Gasteiger partial charge is 0.381 e.